The van der Waals surface area contributed by atoms with Crippen LogP contribution in [0.15, 0.2) is 18.5 Å². The summed E-state index contributed by atoms with van der Waals surface area (Å²) in [4.78, 5) is 23.4. The van der Waals surface area contributed by atoms with Gasteiger partial charge in [-0.1, -0.05) is 0 Å². The van der Waals surface area contributed by atoms with Crippen molar-refractivity contribution in [3.05, 3.63) is 29.8 Å². The third-order valence-electron chi connectivity index (χ3n) is 2.56. The van der Waals surface area contributed by atoms with Crippen molar-refractivity contribution in [2.45, 2.75) is 13.5 Å². The van der Waals surface area contributed by atoms with E-state index in [0.29, 0.717) is 5.69 Å². The minimum atomic E-state index is -0.601. The van der Waals surface area contributed by atoms with Gasteiger partial charge in [0, 0.05) is 19.4 Å². The maximum absolute atomic E-state index is 11.9. The number of anilines is 1. The zero-order chi connectivity index (χ0) is 14.7. The van der Waals surface area contributed by atoms with Crippen molar-refractivity contribution < 1.29 is 14.3 Å². The molecule has 2 aromatic rings. The number of hydrogen-bond acceptors (Lipinski definition) is 5. The second kappa shape index (κ2) is 5.55. The number of aromatic nitrogens is 4. The van der Waals surface area contributed by atoms with E-state index in [1.165, 1.54) is 16.5 Å². The summed E-state index contributed by atoms with van der Waals surface area (Å²) in [6, 6.07) is 1.80. The molecule has 0 aliphatic heterocycles. The van der Waals surface area contributed by atoms with Crippen LogP contribution in [0.4, 0.5) is 5.69 Å². The topological polar surface area (TPSA) is 91.0 Å². The number of nitrogens with zero attached hydrogens (tertiary/aromatic N) is 4. The Morgan fingerprint density at radius 2 is 2.15 bits per heavy atom. The maximum atomic E-state index is 11.9. The fourth-order valence-electron chi connectivity index (χ4n) is 1.72. The first kappa shape index (κ1) is 13.8. The van der Waals surface area contributed by atoms with Crippen LogP contribution < -0.4 is 5.32 Å². The van der Waals surface area contributed by atoms with E-state index in [9.17, 15) is 9.59 Å². The average Bonchev–Trinajstić information content (AvgIpc) is 2.94. The Bertz CT molecular complexity index is 643. The molecule has 2 aromatic heterocycles. The van der Waals surface area contributed by atoms with Crippen LogP contribution in [0.25, 0.3) is 0 Å². The SMILES string of the molecule is COC(=O)c1nn(C)cc1NC(=O)Cn1ccc(C)n1. The molecule has 1 N–H and O–H groups in total. The van der Waals surface area contributed by atoms with E-state index >= 15 is 0 Å². The second-order valence-electron chi connectivity index (χ2n) is 4.26. The smallest absolute Gasteiger partial charge is 0.360 e. The standard InChI is InChI=1S/C12H15N5O3/c1-8-4-5-17(14-8)7-10(18)13-9-6-16(2)15-11(9)12(19)20-3/h4-6H,7H2,1-3H3,(H,13,18). The number of carbonyl (C=O) groups excluding carboxylic acids is 2. The molecule has 20 heavy (non-hydrogen) atoms. The third kappa shape index (κ3) is 3.02. The number of esters is 1. The predicted molar refractivity (Wildman–Crippen MR) is 70.1 cm³/mol. The van der Waals surface area contributed by atoms with Crippen LogP contribution in [0, 0.1) is 6.92 Å². The number of hydrogen-bond donors (Lipinski definition) is 1. The predicted octanol–water partition coefficient (Wildman–Crippen LogP) is 0.350. The van der Waals surface area contributed by atoms with Crippen LogP contribution in [0.5, 0.6) is 0 Å². The molecule has 0 unspecified atom stereocenters. The maximum Gasteiger partial charge on any atom is 0.360 e. The molecule has 0 saturated heterocycles. The van der Waals surface area contributed by atoms with Gasteiger partial charge in [-0.3, -0.25) is 14.2 Å². The summed E-state index contributed by atoms with van der Waals surface area (Å²) in [7, 11) is 2.91. The van der Waals surface area contributed by atoms with Gasteiger partial charge in [0.2, 0.25) is 5.91 Å². The van der Waals surface area contributed by atoms with Crippen molar-refractivity contribution in [2.24, 2.45) is 7.05 Å². The molecule has 0 spiro atoms. The monoisotopic (exact) mass is 277 g/mol. The Morgan fingerprint density at radius 3 is 2.75 bits per heavy atom. The van der Waals surface area contributed by atoms with Crippen LogP contribution >= 0.6 is 0 Å². The van der Waals surface area contributed by atoms with E-state index < -0.39 is 5.97 Å². The highest BCUT2D eigenvalue weighted by Gasteiger charge is 2.18. The van der Waals surface area contributed by atoms with Crippen LogP contribution in [0.3, 0.4) is 0 Å². The lowest BCUT2D eigenvalue weighted by Gasteiger charge is -2.04. The van der Waals surface area contributed by atoms with Gasteiger partial charge in [0.05, 0.1) is 18.5 Å². The third-order valence-corrected chi connectivity index (χ3v) is 2.56. The molecule has 0 radical (unpaired) electrons. The molecule has 0 fully saturated rings. The first-order chi connectivity index (χ1) is 9.49. The summed E-state index contributed by atoms with van der Waals surface area (Å²) in [6.45, 7) is 1.90. The van der Waals surface area contributed by atoms with Gasteiger partial charge in [-0.15, -0.1) is 0 Å². The molecule has 106 valence electrons. The summed E-state index contributed by atoms with van der Waals surface area (Å²) >= 11 is 0. The first-order valence-corrected chi connectivity index (χ1v) is 5.91. The highest BCUT2D eigenvalue weighted by atomic mass is 16.5. The Balaban J connectivity index is 2.09. The van der Waals surface area contributed by atoms with Gasteiger partial charge in [0.25, 0.3) is 0 Å². The first-order valence-electron chi connectivity index (χ1n) is 5.91. The Hall–Kier alpha value is -2.64. The molecule has 0 atom stereocenters. The molecular formula is C12H15N5O3. The summed E-state index contributed by atoms with van der Waals surface area (Å²) in [6.07, 6.45) is 3.25. The van der Waals surface area contributed by atoms with E-state index in [1.54, 1.807) is 25.5 Å². The summed E-state index contributed by atoms with van der Waals surface area (Å²) < 4.78 is 7.55. The van der Waals surface area contributed by atoms with Crippen LogP contribution in [0.1, 0.15) is 16.2 Å². The van der Waals surface area contributed by atoms with Gasteiger partial charge in [-0.05, 0) is 13.0 Å². The van der Waals surface area contributed by atoms with Gasteiger partial charge in [0.15, 0.2) is 5.69 Å². The van der Waals surface area contributed by atoms with E-state index in [0.717, 1.165) is 5.69 Å². The van der Waals surface area contributed by atoms with Gasteiger partial charge in [-0.2, -0.15) is 10.2 Å². The average molecular weight is 277 g/mol. The lowest BCUT2D eigenvalue weighted by Crippen LogP contribution is -2.20. The minimum absolute atomic E-state index is 0.0589. The Labute approximate surface area is 115 Å². The molecule has 0 aliphatic rings. The van der Waals surface area contributed by atoms with Crippen molar-refractivity contribution in [1.82, 2.24) is 19.6 Å². The minimum Gasteiger partial charge on any atom is -0.464 e. The van der Waals surface area contributed by atoms with E-state index in [4.69, 9.17) is 0 Å². The molecule has 0 saturated carbocycles. The van der Waals surface area contributed by atoms with Gasteiger partial charge < -0.3 is 10.1 Å². The number of amides is 1. The van der Waals surface area contributed by atoms with Crippen molar-refractivity contribution in [3.63, 3.8) is 0 Å². The largest absolute Gasteiger partial charge is 0.464 e. The Morgan fingerprint density at radius 1 is 1.40 bits per heavy atom. The van der Waals surface area contributed by atoms with Crippen LogP contribution in [-0.4, -0.2) is 38.5 Å². The van der Waals surface area contributed by atoms with Gasteiger partial charge in [0.1, 0.15) is 6.54 Å². The van der Waals surface area contributed by atoms with Crippen molar-refractivity contribution >= 4 is 17.6 Å². The van der Waals surface area contributed by atoms with Crippen LogP contribution in [0.2, 0.25) is 0 Å². The van der Waals surface area contributed by atoms with Crippen molar-refractivity contribution in [3.8, 4) is 0 Å². The number of nitrogens with one attached hydrogen (secondary N) is 1. The summed E-state index contributed by atoms with van der Waals surface area (Å²) in [5, 5.41) is 10.7. The fraction of sp³-hybridized carbons (Fsp3) is 0.333. The molecule has 1 amide bonds. The highest BCUT2D eigenvalue weighted by molar-refractivity contribution is 5.99. The number of carbonyl (C=O) groups is 2. The Kier molecular flexibility index (Phi) is 3.83. The molecule has 0 aromatic carbocycles. The summed E-state index contributed by atoms with van der Waals surface area (Å²) in [5.74, 6) is -0.901. The second-order valence-corrected chi connectivity index (χ2v) is 4.26. The number of aryl methyl sites for hydroxylation is 2. The summed E-state index contributed by atoms with van der Waals surface area (Å²) in [5.41, 5.74) is 1.21. The molecule has 2 heterocycles. The highest BCUT2D eigenvalue weighted by Crippen LogP contribution is 2.14. The zero-order valence-corrected chi connectivity index (χ0v) is 11.5. The van der Waals surface area contributed by atoms with E-state index in [2.05, 4.69) is 20.3 Å². The van der Waals surface area contributed by atoms with Crippen molar-refractivity contribution in [2.75, 3.05) is 12.4 Å². The normalized spacial score (nSPS) is 10.3. The lowest BCUT2D eigenvalue weighted by atomic mass is 10.3. The molecular weight excluding hydrogens is 262 g/mol. The zero-order valence-electron chi connectivity index (χ0n) is 11.5. The quantitative estimate of drug-likeness (QED) is 0.814. The van der Waals surface area contributed by atoms with E-state index in [1.807, 2.05) is 6.92 Å². The molecule has 2 rings (SSSR count). The van der Waals surface area contributed by atoms with Gasteiger partial charge in [-0.25, -0.2) is 4.79 Å². The number of ether oxygens (including phenoxy) is 1. The lowest BCUT2D eigenvalue weighted by molar-refractivity contribution is -0.116. The fourth-order valence-corrected chi connectivity index (χ4v) is 1.72. The van der Waals surface area contributed by atoms with E-state index in [-0.39, 0.29) is 18.1 Å². The number of methoxy groups -OCH3 is 1. The van der Waals surface area contributed by atoms with Crippen molar-refractivity contribution in [1.29, 1.82) is 0 Å². The van der Waals surface area contributed by atoms with Gasteiger partial charge >= 0.3 is 5.97 Å². The molecule has 0 bridgehead atoms. The number of rotatable bonds is 4. The molecule has 8 heteroatoms. The molecule has 0 aliphatic carbocycles. The van der Waals surface area contributed by atoms with Crippen LogP contribution in [-0.2, 0) is 23.1 Å². The molecule has 8 nitrogen and oxygen atoms in total.